The molecule has 5 heteroatoms. The van der Waals surface area contributed by atoms with Gasteiger partial charge in [0.05, 0.1) is 24.9 Å². The predicted molar refractivity (Wildman–Crippen MR) is 92.7 cm³/mol. The Morgan fingerprint density at radius 1 is 1.13 bits per heavy atom. The van der Waals surface area contributed by atoms with Crippen molar-refractivity contribution in [2.24, 2.45) is 0 Å². The van der Waals surface area contributed by atoms with E-state index in [4.69, 9.17) is 21.1 Å². The third-order valence-electron chi connectivity index (χ3n) is 3.61. The van der Waals surface area contributed by atoms with Gasteiger partial charge in [0.1, 0.15) is 11.5 Å². The summed E-state index contributed by atoms with van der Waals surface area (Å²) in [6.45, 7) is 2.02. The molecular formula is C18H20ClNO3. The van der Waals surface area contributed by atoms with E-state index < -0.39 is 0 Å². The summed E-state index contributed by atoms with van der Waals surface area (Å²) in [6.07, 6.45) is 0.373. The quantitative estimate of drug-likeness (QED) is 0.847. The molecule has 0 aliphatic carbocycles. The number of halogens is 1. The number of methoxy groups -OCH3 is 2. The predicted octanol–water partition coefficient (Wildman–Crippen LogP) is 4.49. The molecular weight excluding hydrogens is 314 g/mol. The van der Waals surface area contributed by atoms with Crippen LogP contribution in [0.1, 0.15) is 24.8 Å². The smallest absolute Gasteiger partial charge is 0.225 e. The van der Waals surface area contributed by atoms with Gasteiger partial charge in [-0.1, -0.05) is 48.9 Å². The Bertz CT molecular complexity index is 673. The monoisotopic (exact) mass is 333 g/mol. The minimum absolute atomic E-state index is 0.0935. The molecule has 0 fully saturated rings. The van der Waals surface area contributed by atoms with Crippen LogP contribution >= 0.6 is 11.6 Å². The summed E-state index contributed by atoms with van der Waals surface area (Å²) in [5, 5.41) is 3.29. The van der Waals surface area contributed by atoms with E-state index in [1.165, 1.54) is 14.2 Å². The maximum Gasteiger partial charge on any atom is 0.225 e. The highest BCUT2D eigenvalue weighted by molar-refractivity contribution is 6.32. The molecule has 0 heterocycles. The van der Waals surface area contributed by atoms with Crippen LogP contribution in [0.5, 0.6) is 11.5 Å². The first-order valence-electron chi connectivity index (χ1n) is 7.31. The summed E-state index contributed by atoms with van der Waals surface area (Å²) < 4.78 is 10.4. The van der Waals surface area contributed by atoms with Gasteiger partial charge in [-0.05, 0) is 11.5 Å². The second kappa shape index (κ2) is 7.88. The minimum Gasteiger partial charge on any atom is -0.495 e. The molecule has 1 unspecified atom stereocenters. The molecule has 122 valence electrons. The van der Waals surface area contributed by atoms with Gasteiger partial charge in [-0.2, -0.15) is 0 Å². The fourth-order valence-electron chi connectivity index (χ4n) is 2.34. The number of rotatable bonds is 6. The van der Waals surface area contributed by atoms with Gasteiger partial charge in [0, 0.05) is 18.6 Å². The van der Waals surface area contributed by atoms with E-state index in [-0.39, 0.29) is 11.8 Å². The lowest BCUT2D eigenvalue weighted by atomic mass is 9.97. The van der Waals surface area contributed by atoms with Crippen LogP contribution in [0.4, 0.5) is 5.69 Å². The summed E-state index contributed by atoms with van der Waals surface area (Å²) in [5.41, 5.74) is 1.67. The molecule has 1 N–H and O–H groups in total. The van der Waals surface area contributed by atoms with E-state index in [2.05, 4.69) is 5.32 Å². The topological polar surface area (TPSA) is 47.6 Å². The average molecular weight is 334 g/mol. The molecule has 23 heavy (non-hydrogen) atoms. The number of amides is 1. The molecule has 0 radical (unpaired) electrons. The van der Waals surface area contributed by atoms with Crippen LogP contribution in [0.15, 0.2) is 42.5 Å². The first-order valence-corrected chi connectivity index (χ1v) is 7.69. The molecule has 0 spiro atoms. The van der Waals surface area contributed by atoms with Crippen molar-refractivity contribution in [3.05, 3.63) is 53.1 Å². The van der Waals surface area contributed by atoms with Crippen molar-refractivity contribution < 1.29 is 14.3 Å². The van der Waals surface area contributed by atoms with Gasteiger partial charge in [-0.25, -0.2) is 0 Å². The van der Waals surface area contributed by atoms with Crippen molar-refractivity contribution in [1.82, 2.24) is 0 Å². The van der Waals surface area contributed by atoms with Crippen LogP contribution in [0.25, 0.3) is 0 Å². The Morgan fingerprint density at radius 2 is 1.78 bits per heavy atom. The normalized spacial score (nSPS) is 11.7. The highest BCUT2D eigenvalue weighted by Crippen LogP contribution is 2.36. The van der Waals surface area contributed by atoms with E-state index in [0.717, 1.165) is 5.56 Å². The van der Waals surface area contributed by atoms with Crippen molar-refractivity contribution in [2.45, 2.75) is 19.3 Å². The SMILES string of the molecule is COc1cc(NC(=O)CC(C)c2ccccc2)c(OC)cc1Cl. The zero-order chi connectivity index (χ0) is 16.8. The van der Waals surface area contributed by atoms with Crippen LogP contribution in [-0.4, -0.2) is 20.1 Å². The lowest BCUT2D eigenvalue weighted by Gasteiger charge is -2.15. The number of anilines is 1. The number of hydrogen-bond acceptors (Lipinski definition) is 3. The van der Waals surface area contributed by atoms with Gasteiger partial charge in [-0.15, -0.1) is 0 Å². The number of nitrogens with one attached hydrogen (secondary N) is 1. The third-order valence-corrected chi connectivity index (χ3v) is 3.90. The highest BCUT2D eigenvalue weighted by atomic mass is 35.5. The molecule has 4 nitrogen and oxygen atoms in total. The summed E-state index contributed by atoms with van der Waals surface area (Å²) in [6, 6.07) is 13.2. The molecule has 2 aromatic carbocycles. The fraction of sp³-hybridized carbons (Fsp3) is 0.278. The number of hydrogen-bond donors (Lipinski definition) is 1. The van der Waals surface area contributed by atoms with Crippen molar-refractivity contribution >= 4 is 23.2 Å². The Balaban J connectivity index is 2.11. The van der Waals surface area contributed by atoms with Crippen molar-refractivity contribution in [3.8, 4) is 11.5 Å². The van der Waals surface area contributed by atoms with Crippen LogP contribution < -0.4 is 14.8 Å². The summed E-state index contributed by atoms with van der Waals surface area (Å²) in [4.78, 5) is 12.3. The minimum atomic E-state index is -0.0935. The van der Waals surface area contributed by atoms with Gasteiger partial charge in [0.25, 0.3) is 0 Å². The molecule has 0 bridgehead atoms. The van der Waals surface area contributed by atoms with Crippen LogP contribution in [0.2, 0.25) is 5.02 Å². The Labute approximate surface area is 141 Å². The van der Waals surface area contributed by atoms with Crippen molar-refractivity contribution in [1.29, 1.82) is 0 Å². The molecule has 0 aliphatic heterocycles. The third kappa shape index (κ3) is 4.39. The van der Waals surface area contributed by atoms with E-state index in [0.29, 0.717) is 28.6 Å². The highest BCUT2D eigenvalue weighted by Gasteiger charge is 2.15. The standard InChI is InChI=1S/C18H20ClNO3/c1-12(13-7-5-4-6-8-13)9-18(21)20-15-11-16(22-2)14(19)10-17(15)23-3/h4-8,10-12H,9H2,1-3H3,(H,20,21). The summed E-state index contributed by atoms with van der Waals surface area (Å²) in [5.74, 6) is 1.01. The van der Waals surface area contributed by atoms with Crippen LogP contribution in [0.3, 0.4) is 0 Å². The van der Waals surface area contributed by atoms with Gasteiger partial charge in [-0.3, -0.25) is 4.79 Å². The number of benzene rings is 2. The maximum atomic E-state index is 12.3. The Morgan fingerprint density at radius 3 is 2.39 bits per heavy atom. The van der Waals surface area contributed by atoms with Gasteiger partial charge in [0.15, 0.2) is 0 Å². The zero-order valence-corrected chi connectivity index (χ0v) is 14.2. The van der Waals surface area contributed by atoms with E-state index in [1.54, 1.807) is 12.1 Å². The number of ether oxygens (including phenoxy) is 2. The molecule has 0 aromatic heterocycles. The van der Waals surface area contributed by atoms with Crippen LogP contribution in [-0.2, 0) is 4.79 Å². The lowest BCUT2D eigenvalue weighted by molar-refractivity contribution is -0.116. The van der Waals surface area contributed by atoms with Gasteiger partial charge in [0.2, 0.25) is 5.91 Å². The van der Waals surface area contributed by atoms with E-state index in [1.807, 2.05) is 37.3 Å². The molecule has 0 saturated heterocycles. The first kappa shape index (κ1) is 17.2. The van der Waals surface area contributed by atoms with Crippen molar-refractivity contribution in [3.63, 3.8) is 0 Å². The second-order valence-corrected chi connectivity index (χ2v) is 5.66. The molecule has 0 aliphatic rings. The number of carbonyl (C=O) groups is 1. The Hall–Kier alpha value is -2.20. The molecule has 1 amide bonds. The first-order chi connectivity index (χ1) is 11.0. The van der Waals surface area contributed by atoms with E-state index >= 15 is 0 Å². The molecule has 2 aromatic rings. The largest absolute Gasteiger partial charge is 0.495 e. The Kier molecular flexibility index (Phi) is 5.88. The number of carbonyl (C=O) groups excluding carboxylic acids is 1. The fourth-order valence-corrected chi connectivity index (χ4v) is 2.57. The average Bonchev–Trinajstić information content (AvgIpc) is 2.56. The maximum absolute atomic E-state index is 12.3. The van der Waals surface area contributed by atoms with Crippen molar-refractivity contribution in [2.75, 3.05) is 19.5 Å². The lowest BCUT2D eigenvalue weighted by Crippen LogP contribution is -2.15. The van der Waals surface area contributed by atoms with Crippen LogP contribution in [0, 0.1) is 0 Å². The second-order valence-electron chi connectivity index (χ2n) is 5.25. The van der Waals surface area contributed by atoms with Gasteiger partial charge >= 0.3 is 0 Å². The summed E-state index contributed by atoms with van der Waals surface area (Å²) in [7, 11) is 3.05. The molecule has 1 atom stereocenters. The van der Waals surface area contributed by atoms with Gasteiger partial charge < -0.3 is 14.8 Å². The molecule has 0 saturated carbocycles. The molecule has 2 rings (SSSR count). The summed E-state index contributed by atoms with van der Waals surface area (Å²) >= 11 is 6.06. The zero-order valence-electron chi connectivity index (χ0n) is 13.4. The van der Waals surface area contributed by atoms with E-state index in [9.17, 15) is 4.79 Å².